The van der Waals surface area contributed by atoms with E-state index in [4.69, 9.17) is 0 Å². The van der Waals surface area contributed by atoms with Crippen LogP contribution in [-0.2, 0) is 32.3 Å². The number of nitrogens with zero attached hydrogens (tertiary/aromatic N) is 2. The van der Waals surface area contributed by atoms with Crippen LogP contribution >= 0.6 is 0 Å². The van der Waals surface area contributed by atoms with Crippen molar-refractivity contribution in [2.24, 2.45) is 0 Å². The fourth-order valence-electron chi connectivity index (χ4n) is 3.71. The van der Waals surface area contributed by atoms with Crippen molar-refractivity contribution in [1.29, 1.82) is 0 Å². The molecule has 0 bridgehead atoms. The average Bonchev–Trinajstić information content (AvgIpc) is 2.81. The summed E-state index contributed by atoms with van der Waals surface area (Å²) in [5.41, 5.74) is -0.569. The van der Waals surface area contributed by atoms with Gasteiger partial charge in [0.15, 0.2) is 0 Å². The van der Waals surface area contributed by atoms with Crippen molar-refractivity contribution in [1.82, 2.24) is 10.2 Å². The number of alkyl halides is 3. The number of rotatable bonds is 11. The summed E-state index contributed by atoms with van der Waals surface area (Å²) in [6, 6.07) is 8.57. The number of likely N-dealkylation sites (N-methyl/N-ethyl adjacent to an activating group) is 1. The number of nitrogens with one attached hydrogen (secondary N) is 1. The van der Waals surface area contributed by atoms with Gasteiger partial charge in [0.1, 0.15) is 11.9 Å². The number of sulfonamides is 1. The van der Waals surface area contributed by atoms with E-state index in [2.05, 4.69) is 5.32 Å². The normalized spacial score (nSPS) is 12.6. The molecule has 7 nitrogen and oxygen atoms in total. The van der Waals surface area contributed by atoms with E-state index >= 15 is 0 Å². The lowest BCUT2D eigenvalue weighted by Gasteiger charge is -2.31. The van der Waals surface area contributed by atoms with Crippen LogP contribution < -0.4 is 9.62 Å². The second kappa shape index (κ2) is 12.2. The molecule has 0 aliphatic carbocycles. The fraction of sp³-hybridized carbons (Fsp3) is 0.417. The molecule has 198 valence electrons. The van der Waals surface area contributed by atoms with Crippen LogP contribution in [0.3, 0.4) is 0 Å². The van der Waals surface area contributed by atoms with Crippen LogP contribution in [0.2, 0.25) is 0 Å². The zero-order chi connectivity index (χ0) is 27.1. The molecular weight excluding hydrogens is 502 g/mol. The standard InChI is InChI=1S/C24H29F4N3O4S/c1-4-21(23(33)29-2)30(16-17-10-12-19(25)13-11-17)22(32)9-6-14-31(36(3,34)35)20-8-5-7-18(15-20)24(26,27)28/h5,7-8,10-13,15,21H,4,6,9,14,16H2,1-3H3,(H,29,33)/t21-/m0/s1. The number of hydrogen-bond acceptors (Lipinski definition) is 4. The molecule has 2 rings (SSSR count). The number of benzene rings is 2. The smallest absolute Gasteiger partial charge is 0.357 e. The summed E-state index contributed by atoms with van der Waals surface area (Å²) < 4.78 is 78.1. The van der Waals surface area contributed by atoms with Gasteiger partial charge in [-0.1, -0.05) is 25.1 Å². The maximum Gasteiger partial charge on any atom is 0.416 e. The van der Waals surface area contributed by atoms with E-state index in [1.54, 1.807) is 6.92 Å². The SMILES string of the molecule is CC[C@@H](C(=O)NC)N(Cc1ccc(F)cc1)C(=O)CCCN(c1cccc(C(F)(F)F)c1)S(C)(=O)=O. The van der Waals surface area contributed by atoms with Gasteiger partial charge < -0.3 is 10.2 Å². The number of hydrogen-bond donors (Lipinski definition) is 1. The number of carbonyl (C=O) groups is 2. The van der Waals surface area contributed by atoms with E-state index in [0.29, 0.717) is 12.0 Å². The predicted molar refractivity (Wildman–Crippen MR) is 128 cm³/mol. The highest BCUT2D eigenvalue weighted by atomic mass is 32.2. The zero-order valence-electron chi connectivity index (χ0n) is 20.2. The Labute approximate surface area is 208 Å². The molecule has 0 radical (unpaired) electrons. The first kappa shape index (κ1) is 29.1. The Hall–Kier alpha value is -3.15. The van der Waals surface area contributed by atoms with E-state index in [9.17, 15) is 35.6 Å². The highest BCUT2D eigenvalue weighted by molar-refractivity contribution is 7.92. The Morgan fingerprint density at radius 1 is 1.08 bits per heavy atom. The molecule has 12 heteroatoms. The van der Waals surface area contributed by atoms with Gasteiger partial charge in [-0.25, -0.2) is 12.8 Å². The van der Waals surface area contributed by atoms with Crippen LogP contribution in [0.1, 0.15) is 37.3 Å². The van der Waals surface area contributed by atoms with Crippen molar-refractivity contribution in [2.45, 2.75) is 44.9 Å². The van der Waals surface area contributed by atoms with Crippen molar-refractivity contribution in [3.63, 3.8) is 0 Å². The molecule has 36 heavy (non-hydrogen) atoms. The molecule has 2 aromatic rings. The maximum atomic E-state index is 13.3. The topological polar surface area (TPSA) is 86.8 Å². The Morgan fingerprint density at radius 3 is 2.25 bits per heavy atom. The molecule has 0 aliphatic rings. The molecule has 2 amide bonds. The molecule has 0 spiro atoms. The molecule has 0 saturated carbocycles. The van der Waals surface area contributed by atoms with Gasteiger partial charge in [-0.15, -0.1) is 0 Å². The van der Waals surface area contributed by atoms with Gasteiger partial charge in [0.2, 0.25) is 21.8 Å². The number of carbonyl (C=O) groups excluding carboxylic acids is 2. The summed E-state index contributed by atoms with van der Waals surface area (Å²) in [6.07, 6.45) is -3.65. The van der Waals surface area contributed by atoms with Crippen molar-refractivity contribution in [2.75, 3.05) is 24.2 Å². The Balaban J connectivity index is 2.22. The molecular formula is C24H29F4N3O4S. The molecule has 0 saturated heterocycles. The minimum Gasteiger partial charge on any atom is -0.357 e. The second-order valence-corrected chi connectivity index (χ2v) is 10.1. The molecule has 1 atom stereocenters. The minimum absolute atomic E-state index is 0.00769. The summed E-state index contributed by atoms with van der Waals surface area (Å²) in [4.78, 5) is 26.9. The molecule has 0 fully saturated rings. The van der Waals surface area contributed by atoms with E-state index < -0.39 is 45.4 Å². The van der Waals surface area contributed by atoms with Gasteiger partial charge in [-0.05, 0) is 48.7 Å². The largest absolute Gasteiger partial charge is 0.416 e. The molecule has 0 aromatic heterocycles. The first-order chi connectivity index (χ1) is 16.8. The predicted octanol–water partition coefficient (Wildman–Crippen LogP) is 3.94. The van der Waals surface area contributed by atoms with Gasteiger partial charge >= 0.3 is 6.18 Å². The van der Waals surface area contributed by atoms with Crippen molar-refractivity contribution < 1.29 is 35.6 Å². The summed E-state index contributed by atoms with van der Waals surface area (Å²) >= 11 is 0. The van der Waals surface area contributed by atoms with Crippen molar-refractivity contribution >= 4 is 27.5 Å². The van der Waals surface area contributed by atoms with Gasteiger partial charge in [-0.2, -0.15) is 13.2 Å². The molecule has 0 aliphatic heterocycles. The lowest BCUT2D eigenvalue weighted by molar-refractivity contribution is -0.141. The highest BCUT2D eigenvalue weighted by Gasteiger charge is 2.32. The summed E-state index contributed by atoms with van der Waals surface area (Å²) in [5, 5.41) is 2.51. The van der Waals surface area contributed by atoms with Crippen molar-refractivity contribution in [3.05, 3.63) is 65.5 Å². The van der Waals surface area contributed by atoms with E-state index in [-0.39, 0.29) is 31.6 Å². The summed E-state index contributed by atoms with van der Waals surface area (Å²) in [6.45, 7) is 1.51. The first-order valence-corrected chi connectivity index (χ1v) is 13.0. The lowest BCUT2D eigenvalue weighted by Crippen LogP contribution is -2.48. The summed E-state index contributed by atoms with van der Waals surface area (Å²) in [7, 11) is -2.51. The van der Waals surface area contributed by atoms with Crippen LogP contribution in [0, 0.1) is 5.82 Å². The quantitative estimate of drug-likeness (QED) is 0.445. The number of anilines is 1. The van der Waals surface area contributed by atoms with Crippen LogP contribution in [0.15, 0.2) is 48.5 Å². The van der Waals surface area contributed by atoms with Crippen molar-refractivity contribution in [3.8, 4) is 0 Å². The minimum atomic E-state index is -4.65. The molecule has 0 heterocycles. The molecule has 1 N–H and O–H groups in total. The molecule has 2 aromatic carbocycles. The zero-order valence-corrected chi connectivity index (χ0v) is 21.0. The lowest BCUT2D eigenvalue weighted by atomic mass is 10.1. The third-order valence-corrected chi connectivity index (χ3v) is 6.71. The highest BCUT2D eigenvalue weighted by Crippen LogP contribution is 2.32. The number of halogens is 4. The third-order valence-electron chi connectivity index (χ3n) is 5.51. The monoisotopic (exact) mass is 531 g/mol. The van der Waals surface area contributed by atoms with Gasteiger partial charge in [-0.3, -0.25) is 13.9 Å². The van der Waals surface area contributed by atoms with E-state index in [1.165, 1.54) is 42.3 Å². The van der Waals surface area contributed by atoms with Gasteiger partial charge in [0.25, 0.3) is 0 Å². The number of amides is 2. The van der Waals surface area contributed by atoms with Gasteiger partial charge in [0, 0.05) is 26.6 Å². The second-order valence-electron chi connectivity index (χ2n) is 8.17. The van der Waals surface area contributed by atoms with E-state index in [1.807, 2.05) is 0 Å². The Kier molecular flexibility index (Phi) is 9.85. The fourth-order valence-corrected chi connectivity index (χ4v) is 4.67. The maximum absolute atomic E-state index is 13.3. The first-order valence-electron chi connectivity index (χ1n) is 11.2. The molecule has 0 unspecified atom stereocenters. The van der Waals surface area contributed by atoms with Crippen LogP contribution in [0.25, 0.3) is 0 Å². The van der Waals surface area contributed by atoms with Crippen LogP contribution in [0.5, 0.6) is 0 Å². The van der Waals surface area contributed by atoms with E-state index in [0.717, 1.165) is 28.8 Å². The summed E-state index contributed by atoms with van der Waals surface area (Å²) in [5.74, 6) is -1.30. The van der Waals surface area contributed by atoms with Crippen LogP contribution in [-0.4, -0.2) is 51.0 Å². The Morgan fingerprint density at radius 2 is 1.72 bits per heavy atom. The van der Waals surface area contributed by atoms with Crippen LogP contribution in [0.4, 0.5) is 23.2 Å². The average molecular weight is 532 g/mol. The third kappa shape index (κ3) is 7.94. The Bertz CT molecular complexity index is 1150. The van der Waals surface area contributed by atoms with Gasteiger partial charge in [0.05, 0.1) is 17.5 Å².